The molecule has 0 aromatic heterocycles. The van der Waals surface area contributed by atoms with Crippen molar-refractivity contribution in [2.45, 2.75) is 14.7 Å². The molecule has 31 heavy (non-hydrogen) atoms. The van der Waals surface area contributed by atoms with Crippen LogP contribution in [0.2, 0.25) is 5.02 Å². The molecule has 0 radical (unpaired) electrons. The minimum atomic E-state index is -4.11. The number of fused-ring (bicyclic) bond motifs is 1. The van der Waals surface area contributed by atoms with E-state index in [9.17, 15) is 21.9 Å². The summed E-state index contributed by atoms with van der Waals surface area (Å²) in [6.07, 6.45) is 0. The van der Waals surface area contributed by atoms with Gasteiger partial charge >= 0.3 is 0 Å². The minimum absolute atomic E-state index is 0.0212. The van der Waals surface area contributed by atoms with E-state index in [1.54, 1.807) is 36.4 Å². The third-order valence-electron chi connectivity index (χ3n) is 4.69. The fourth-order valence-corrected chi connectivity index (χ4v) is 5.77. The van der Waals surface area contributed by atoms with Crippen molar-refractivity contribution in [2.75, 3.05) is 4.72 Å². The first-order valence-electron chi connectivity index (χ1n) is 9.03. The standard InChI is InChI=1S/C22H16ClNO5S2/c23-15-10-12-17(13-11-15)31(28,29)24-20-14-21(22(25)19-9-5-4-8-18(19)20)30(26,27)16-6-2-1-3-7-16/h1-14,24-25H. The molecular formula is C22H16ClNO5S2. The molecule has 9 heteroatoms. The molecule has 4 aromatic rings. The van der Waals surface area contributed by atoms with Gasteiger partial charge in [0, 0.05) is 15.8 Å². The average Bonchev–Trinajstić information content (AvgIpc) is 2.76. The van der Waals surface area contributed by atoms with Crippen LogP contribution < -0.4 is 4.72 Å². The summed E-state index contributed by atoms with van der Waals surface area (Å²) >= 11 is 5.84. The van der Waals surface area contributed by atoms with Gasteiger partial charge in [-0.3, -0.25) is 4.72 Å². The number of halogens is 1. The van der Waals surface area contributed by atoms with E-state index in [1.165, 1.54) is 42.5 Å². The maximum Gasteiger partial charge on any atom is 0.261 e. The Hall–Kier alpha value is -3.07. The first-order valence-corrected chi connectivity index (χ1v) is 12.4. The lowest BCUT2D eigenvalue weighted by molar-refractivity contribution is 0.465. The van der Waals surface area contributed by atoms with Crippen LogP contribution in [0.25, 0.3) is 10.8 Å². The number of hydrogen-bond donors (Lipinski definition) is 2. The van der Waals surface area contributed by atoms with E-state index in [2.05, 4.69) is 4.72 Å². The van der Waals surface area contributed by atoms with Crippen molar-refractivity contribution in [3.8, 4) is 5.75 Å². The van der Waals surface area contributed by atoms with Gasteiger partial charge in [0.25, 0.3) is 10.0 Å². The van der Waals surface area contributed by atoms with E-state index in [-0.39, 0.29) is 20.9 Å². The zero-order chi connectivity index (χ0) is 22.2. The Morgan fingerprint density at radius 1 is 0.710 bits per heavy atom. The van der Waals surface area contributed by atoms with Crippen LogP contribution in [0.4, 0.5) is 5.69 Å². The number of phenolic OH excluding ortho intramolecular Hbond substituents is 1. The lowest BCUT2D eigenvalue weighted by atomic mass is 10.1. The highest BCUT2D eigenvalue weighted by Crippen LogP contribution is 2.40. The summed E-state index contributed by atoms with van der Waals surface area (Å²) in [5, 5.41) is 11.7. The van der Waals surface area contributed by atoms with Crippen LogP contribution in [0.15, 0.2) is 99.6 Å². The van der Waals surface area contributed by atoms with Crippen LogP contribution in [-0.4, -0.2) is 21.9 Å². The SMILES string of the molecule is O=S(=O)(Nc1cc(S(=O)(=O)c2ccccc2)c(O)c2ccccc12)c1ccc(Cl)cc1. The maximum atomic E-state index is 13.2. The molecule has 0 amide bonds. The van der Waals surface area contributed by atoms with Crippen molar-refractivity contribution in [1.29, 1.82) is 0 Å². The molecule has 0 fully saturated rings. The van der Waals surface area contributed by atoms with Gasteiger partial charge in [-0.25, -0.2) is 16.8 Å². The first kappa shape index (κ1) is 21.2. The fourth-order valence-electron chi connectivity index (χ4n) is 3.17. The molecule has 0 atom stereocenters. The maximum absolute atomic E-state index is 13.2. The number of sulfonamides is 1. The quantitative estimate of drug-likeness (QED) is 0.404. The van der Waals surface area contributed by atoms with Crippen LogP contribution in [-0.2, 0) is 19.9 Å². The third-order valence-corrected chi connectivity index (χ3v) is 8.11. The average molecular weight is 474 g/mol. The number of benzene rings is 4. The van der Waals surface area contributed by atoms with Gasteiger partial charge in [0.2, 0.25) is 9.84 Å². The third kappa shape index (κ3) is 3.97. The molecule has 0 spiro atoms. The van der Waals surface area contributed by atoms with E-state index < -0.39 is 30.5 Å². The van der Waals surface area contributed by atoms with Gasteiger partial charge in [-0.15, -0.1) is 0 Å². The van der Waals surface area contributed by atoms with E-state index in [0.717, 1.165) is 6.07 Å². The highest BCUT2D eigenvalue weighted by Gasteiger charge is 2.26. The fraction of sp³-hybridized carbons (Fsp3) is 0. The summed E-state index contributed by atoms with van der Waals surface area (Å²) < 4.78 is 54.6. The van der Waals surface area contributed by atoms with Gasteiger partial charge in [-0.2, -0.15) is 0 Å². The molecule has 4 rings (SSSR count). The predicted molar refractivity (Wildman–Crippen MR) is 120 cm³/mol. The zero-order valence-electron chi connectivity index (χ0n) is 15.9. The molecule has 0 unspecified atom stereocenters. The Balaban J connectivity index is 1.92. The first-order chi connectivity index (χ1) is 14.7. The summed E-state index contributed by atoms with van der Waals surface area (Å²) in [4.78, 5) is -0.459. The number of sulfone groups is 1. The van der Waals surface area contributed by atoms with E-state index >= 15 is 0 Å². The summed E-state index contributed by atoms with van der Waals surface area (Å²) in [5.41, 5.74) is 0.0258. The Kier molecular flexibility index (Phi) is 5.38. The number of anilines is 1. The van der Waals surface area contributed by atoms with Crippen LogP contribution in [0.3, 0.4) is 0 Å². The van der Waals surface area contributed by atoms with Crippen molar-refractivity contribution in [2.24, 2.45) is 0 Å². The van der Waals surface area contributed by atoms with Gasteiger partial charge in [0.1, 0.15) is 10.6 Å². The monoisotopic (exact) mass is 473 g/mol. The molecular weight excluding hydrogens is 458 g/mol. The van der Waals surface area contributed by atoms with Crippen molar-refractivity contribution in [3.05, 3.63) is 90.0 Å². The van der Waals surface area contributed by atoms with Crippen molar-refractivity contribution in [3.63, 3.8) is 0 Å². The summed E-state index contributed by atoms with van der Waals surface area (Å²) in [7, 11) is -8.16. The van der Waals surface area contributed by atoms with Crippen LogP contribution >= 0.6 is 11.6 Å². The molecule has 0 aliphatic heterocycles. The normalized spacial score (nSPS) is 12.0. The Morgan fingerprint density at radius 2 is 1.29 bits per heavy atom. The minimum Gasteiger partial charge on any atom is -0.506 e. The summed E-state index contributed by atoms with van der Waals surface area (Å²) in [5.74, 6) is -0.450. The summed E-state index contributed by atoms with van der Waals surface area (Å²) in [6, 6.07) is 20.7. The van der Waals surface area contributed by atoms with E-state index in [4.69, 9.17) is 11.6 Å². The molecule has 0 heterocycles. The van der Waals surface area contributed by atoms with Gasteiger partial charge < -0.3 is 5.11 Å². The van der Waals surface area contributed by atoms with Crippen molar-refractivity contribution < 1.29 is 21.9 Å². The molecule has 0 bridgehead atoms. The Morgan fingerprint density at radius 3 is 1.94 bits per heavy atom. The van der Waals surface area contributed by atoms with Crippen molar-refractivity contribution >= 4 is 47.9 Å². The van der Waals surface area contributed by atoms with Gasteiger partial charge in [0.05, 0.1) is 15.5 Å². The predicted octanol–water partition coefficient (Wildman–Crippen LogP) is 4.83. The largest absolute Gasteiger partial charge is 0.506 e. The Bertz CT molecular complexity index is 1480. The topological polar surface area (TPSA) is 101 Å². The molecule has 6 nitrogen and oxygen atoms in total. The highest BCUT2D eigenvalue weighted by atomic mass is 35.5. The van der Waals surface area contributed by atoms with Crippen LogP contribution in [0.1, 0.15) is 0 Å². The number of aromatic hydroxyl groups is 1. The van der Waals surface area contributed by atoms with Crippen LogP contribution in [0.5, 0.6) is 5.75 Å². The summed E-state index contributed by atoms with van der Waals surface area (Å²) in [6.45, 7) is 0. The lowest BCUT2D eigenvalue weighted by Gasteiger charge is -2.15. The molecule has 2 N–H and O–H groups in total. The second-order valence-electron chi connectivity index (χ2n) is 6.69. The van der Waals surface area contributed by atoms with Gasteiger partial charge in [-0.1, -0.05) is 54.1 Å². The zero-order valence-corrected chi connectivity index (χ0v) is 18.2. The molecule has 0 saturated heterocycles. The van der Waals surface area contributed by atoms with Gasteiger partial charge in [0.15, 0.2) is 0 Å². The second kappa shape index (κ2) is 7.88. The Labute approximate surface area is 184 Å². The highest BCUT2D eigenvalue weighted by molar-refractivity contribution is 7.93. The molecule has 0 aliphatic rings. The molecule has 158 valence electrons. The molecule has 0 saturated carbocycles. The van der Waals surface area contributed by atoms with E-state index in [1.807, 2.05) is 0 Å². The molecule has 4 aromatic carbocycles. The van der Waals surface area contributed by atoms with E-state index in [0.29, 0.717) is 10.4 Å². The molecule has 0 aliphatic carbocycles. The number of phenols is 1. The van der Waals surface area contributed by atoms with Crippen LogP contribution in [0, 0.1) is 0 Å². The van der Waals surface area contributed by atoms with Crippen molar-refractivity contribution in [1.82, 2.24) is 0 Å². The number of rotatable bonds is 5. The van der Waals surface area contributed by atoms with Gasteiger partial charge in [-0.05, 0) is 42.5 Å². The number of hydrogen-bond acceptors (Lipinski definition) is 5. The lowest BCUT2D eigenvalue weighted by Crippen LogP contribution is -2.14. The smallest absolute Gasteiger partial charge is 0.261 e. The second-order valence-corrected chi connectivity index (χ2v) is 10.7. The number of nitrogens with one attached hydrogen (secondary N) is 1.